The molecule has 0 saturated heterocycles. The molecule has 3 aromatic rings. The van der Waals surface area contributed by atoms with Crippen molar-refractivity contribution in [2.45, 2.75) is 13.5 Å². The van der Waals surface area contributed by atoms with Gasteiger partial charge < -0.3 is 10.1 Å². The third-order valence-electron chi connectivity index (χ3n) is 4.51. The minimum absolute atomic E-state index is 0.0355. The van der Waals surface area contributed by atoms with E-state index in [1.165, 1.54) is 6.08 Å². The Hall–Kier alpha value is -2.11. The Labute approximate surface area is 216 Å². The molecule has 0 bridgehead atoms. The number of hydrogen-bond donors (Lipinski definition) is 1. The summed E-state index contributed by atoms with van der Waals surface area (Å²) >= 11 is 16.5. The van der Waals surface area contributed by atoms with Crippen LogP contribution in [0.4, 0.5) is 5.69 Å². The first-order valence-corrected chi connectivity index (χ1v) is 12.1. The summed E-state index contributed by atoms with van der Waals surface area (Å²) in [6, 6.07) is 18.6. The van der Waals surface area contributed by atoms with Crippen molar-refractivity contribution in [3.8, 4) is 11.8 Å². The van der Waals surface area contributed by atoms with Crippen LogP contribution in [0, 0.1) is 18.3 Å². The molecule has 0 aliphatic rings. The second-order valence-corrected chi connectivity index (χ2v) is 9.80. The van der Waals surface area contributed by atoms with Gasteiger partial charge in [0.25, 0.3) is 5.91 Å². The van der Waals surface area contributed by atoms with Gasteiger partial charge in [-0.25, -0.2) is 0 Å². The van der Waals surface area contributed by atoms with Gasteiger partial charge in [-0.1, -0.05) is 45.7 Å². The maximum Gasteiger partial charge on any atom is 0.266 e. The Morgan fingerprint density at radius 1 is 1.12 bits per heavy atom. The molecule has 3 rings (SSSR count). The van der Waals surface area contributed by atoms with Crippen LogP contribution in [0.1, 0.15) is 16.7 Å². The molecule has 0 atom stereocenters. The molecular weight excluding hydrogens is 623 g/mol. The molecule has 0 unspecified atom stereocenters. The Kier molecular flexibility index (Phi) is 8.55. The molecule has 4 nitrogen and oxygen atoms in total. The molecule has 0 spiro atoms. The molecule has 32 heavy (non-hydrogen) atoms. The van der Waals surface area contributed by atoms with Crippen LogP contribution in [0.3, 0.4) is 0 Å². The lowest BCUT2D eigenvalue weighted by molar-refractivity contribution is -0.112. The number of anilines is 1. The average Bonchev–Trinajstić information content (AvgIpc) is 2.76. The lowest BCUT2D eigenvalue weighted by Gasteiger charge is -2.12. The van der Waals surface area contributed by atoms with Crippen molar-refractivity contribution in [1.82, 2.24) is 0 Å². The normalized spacial score (nSPS) is 11.1. The molecule has 1 N–H and O–H groups in total. The Balaban J connectivity index is 1.78. The maximum atomic E-state index is 12.6. The summed E-state index contributed by atoms with van der Waals surface area (Å²) in [7, 11) is 0. The zero-order valence-electron chi connectivity index (χ0n) is 16.8. The molecule has 0 fully saturated rings. The lowest BCUT2D eigenvalue weighted by Crippen LogP contribution is -2.14. The van der Waals surface area contributed by atoms with Crippen molar-refractivity contribution in [3.63, 3.8) is 0 Å². The van der Waals surface area contributed by atoms with Gasteiger partial charge in [-0.05, 0) is 97.9 Å². The molecule has 0 aromatic heterocycles. The highest BCUT2D eigenvalue weighted by atomic mass is 79.9. The second kappa shape index (κ2) is 11.2. The van der Waals surface area contributed by atoms with Crippen LogP contribution in [0.25, 0.3) is 6.08 Å². The van der Waals surface area contributed by atoms with Crippen molar-refractivity contribution in [2.75, 3.05) is 5.32 Å². The second-order valence-electron chi connectivity index (χ2n) is 6.77. The van der Waals surface area contributed by atoms with Gasteiger partial charge in [0.1, 0.15) is 24.0 Å². The first-order valence-electron chi connectivity index (χ1n) is 9.33. The molecule has 8 heteroatoms. The average molecular weight is 640 g/mol. The van der Waals surface area contributed by atoms with Crippen LogP contribution >= 0.6 is 59.4 Å². The summed E-state index contributed by atoms with van der Waals surface area (Å²) in [6.45, 7) is 2.19. The SMILES string of the molecule is Cc1c(Cl)cccc1NC(=O)/C(C#N)=C\c1cc(Br)c(OCc2ccc(Br)cc2)c(Br)c1. The number of amides is 1. The van der Waals surface area contributed by atoms with E-state index in [1.807, 2.05) is 30.3 Å². The van der Waals surface area contributed by atoms with Gasteiger partial charge in [-0.15, -0.1) is 0 Å². The van der Waals surface area contributed by atoms with E-state index in [2.05, 4.69) is 53.1 Å². The van der Waals surface area contributed by atoms with Crippen LogP contribution in [-0.2, 0) is 11.4 Å². The molecule has 0 heterocycles. The molecular formula is C24H16Br3ClN2O2. The first kappa shape index (κ1) is 24.5. The highest BCUT2D eigenvalue weighted by Crippen LogP contribution is 2.36. The van der Waals surface area contributed by atoms with Crippen molar-refractivity contribution < 1.29 is 9.53 Å². The summed E-state index contributed by atoms with van der Waals surface area (Å²) in [5.74, 6) is 0.114. The summed E-state index contributed by atoms with van der Waals surface area (Å²) in [4.78, 5) is 12.6. The number of halogens is 4. The van der Waals surface area contributed by atoms with Gasteiger partial charge in [-0.2, -0.15) is 5.26 Å². The van der Waals surface area contributed by atoms with E-state index in [4.69, 9.17) is 16.3 Å². The highest BCUT2D eigenvalue weighted by molar-refractivity contribution is 9.11. The zero-order valence-corrected chi connectivity index (χ0v) is 22.3. The Morgan fingerprint density at radius 3 is 2.41 bits per heavy atom. The third kappa shape index (κ3) is 6.23. The summed E-state index contributed by atoms with van der Waals surface area (Å²) in [6.07, 6.45) is 1.52. The quantitative estimate of drug-likeness (QED) is 0.219. The van der Waals surface area contributed by atoms with E-state index in [0.717, 1.165) is 15.6 Å². The molecule has 0 radical (unpaired) electrons. The maximum absolute atomic E-state index is 12.6. The number of nitrogens with zero attached hydrogens (tertiary/aromatic N) is 1. The smallest absolute Gasteiger partial charge is 0.266 e. The molecule has 162 valence electrons. The van der Waals surface area contributed by atoms with E-state index in [1.54, 1.807) is 37.3 Å². The number of nitrogens with one attached hydrogen (secondary N) is 1. The number of rotatable bonds is 6. The fraction of sp³-hybridized carbons (Fsp3) is 0.0833. The van der Waals surface area contributed by atoms with Crippen LogP contribution in [0.15, 0.2) is 73.6 Å². The van der Waals surface area contributed by atoms with E-state index < -0.39 is 5.91 Å². The topological polar surface area (TPSA) is 62.1 Å². The predicted molar refractivity (Wildman–Crippen MR) is 139 cm³/mol. The fourth-order valence-corrected chi connectivity index (χ4v) is 4.67. The van der Waals surface area contributed by atoms with Gasteiger partial charge in [0, 0.05) is 15.2 Å². The van der Waals surface area contributed by atoms with Crippen molar-refractivity contribution in [3.05, 3.63) is 95.3 Å². The number of carbonyl (C=O) groups is 1. The van der Waals surface area contributed by atoms with Crippen molar-refractivity contribution >= 4 is 77.1 Å². The van der Waals surface area contributed by atoms with Gasteiger partial charge in [0.2, 0.25) is 0 Å². The minimum atomic E-state index is -0.513. The first-order chi connectivity index (χ1) is 15.3. The van der Waals surface area contributed by atoms with Crippen LogP contribution in [0.2, 0.25) is 5.02 Å². The summed E-state index contributed by atoms with van der Waals surface area (Å²) in [5.41, 5.74) is 2.94. The van der Waals surface area contributed by atoms with Crippen LogP contribution in [-0.4, -0.2) is 5.91 Å². The van der Waals surface area contributed by atoms with E-state index >= 15 is 0 Å². The number of nitriles is 1. The van der Waals surface area contributed by atoms with Crippen LogP contribution < -0.4 is 10.1 Å². The van der Waals surface area contributed by atoms with E-state index in [-0.39, 0.29) is 5.57 Å². The van der Waals surface area contributed by atoms with Gasteiger partial charge >= 0.3 is 0 Å². The minimum Gasteiger partial charge on any atom is -0.487 e. The van der Waals surface area contributed by atoms with Gasteiger partial charge in [-0.3, -0.25) is 4.79 Å². The number of ether oxygens (including phenoxy) is 1. The monoisotopic (exact) mass is 636 g/mol. The third-order valence-corrected chi connectivity index (χ3v) is 6.63. The molecule has 0 aliphatic carbocycles. The molecule has 3 aromatic carbocycles. The summed E-state index contributed by atoms with van der Waals surface area (Å²) in [5, 5.41) is 12.8. The fourth-order valence-electron chi connectivity index (χ4n) is 2.78. The van der Waals surface area contributed by atoms with Crippen molar-refractivity contribution in [2.24, 2.45) is 0 Å². The number of hydrogen-bond acceptors (Lipinski definition) is 3. The zero-order chi connectivity index (χ0) is 23.3. The Bertz CT molecular complexity index is 1210. The molecule has 1 amide bonds. The largest absolute Gasteiger partial charge is 0.487 e. The lowest BCUT2D eigenvalue weighted by atomic mass is 10.1. The molecule has 0 saturated carbocycles. The standard InChI is InChI=1S/C24H16Br3ClN2O2/c1-14-21(28)3-2-4-22(14)30-24(31)17(12-29)9-16-10-19(26)23(20(27)11-16)32-13-15-5-7-18(25)8-6-15/h2-11H,13H2,1H3,(H,30,31)/b17-9-. The van der Waals surface area contributed by atoms with Crippen molar-refractivity contribution in [1.29, 1.82) is 5.26 Å². The van der Waals surface area contributed by atoms with E-state index in [0.29, 0.717) is 37.6 Å². The number of carbonyl (C=O) groups excluding carboxylic acids is 1. The van der Waals surface area contributed by atoms with Crippen LogP contribution in [0.5, 0.6) is 5.75 Å². The Morgan fingerprint density at radius 2 is 1.78 bits per heavy atom. The summed E-state index contributed by atoms with van der Waals surface area (Å²) < 4.78 is 8.33. The van der Waals surface area contributed by atoms with E-state index in [9.17, 15) is 10.1 Å². The predicted octanol–water partition coefficient (Wildman–Crippen LogP) is 8.06. The number of benzene rings is 3. The van der Waals surface area contributed by atoms with Gasteiger partial charge in [0.15, 0.2) is 0 Å². The highest BCUT2D eigenvalue weighted by Gasteiger charge is 2.14. The molecule has 0 aliphatic heterocycles. The van der Waals surface area contributed by atoms with Gasteiger partial charge in [0.05, 0.1) is 8.95 Å².